The van der Waals surface area contributed by atoms with Crippen molar-refractivity contribution in [3.05, 3.63) is 0 Å². The van der Waals surface area contributed by atoms with Gasteiger partial charge < -0.3 is 10.6 Å². The van der Waals surface area contributed by atoms with Crippen LogP contribution in [-0.2, 0) is 4.79 Å². The monoisotopic (exact) mass is 196 g/mol. The minimum atomic E-state index is -0.144. The standard InChI is InChI=1S/C11H20N2O/c12-11(5-4-6-11)9-10(14)13-7-2-1-3-8-13/h1-9,12H2. The van der Waals surface area contributed by atoms with Crippen molar-refractivity contribution in [1.29, 1.82) is 0 Å². The molecule has 2 fully saturated rings. The van der Waals surface area contributed by atoms with Crippen LogP contribution in [0.3, 0.4) is 0 Å². The van der Waals surface area contributed by atoms with E-state index in [0.29, 0.717) is 6.42 Å². The lowest BCUT2D eigenvalue weighted by Crippen LogP contribution is -2.51. The summed E-state index contributed by atoms with van der Waals surface area (Å²) in [5, 5.41) is 0. The number of hydrogen-bond donors (Lipinski definition) is 1. The average molecular weight is 196 g/mol. The van der Waals surface area contributed by atoms with E-state index < -0.39 is 0 Å². The molecule has 2 N–H and O–H groups in total. The quantitative estimate of drug-likeness (QED) is 0.723. The molecule has 0 spiro atoms. The second-order valence-corrected chi connectivity index (χ2v) is 4.83. The van der Waals surface area contributed by atoms with E-state index in [9.17, 15) is 4.79 Å². The van der Waals surface area contributed by atoms with Crippen LogP contribution < -0.4 is 5.73 Å². The maximum atomic E-state index is 11.9. The molecule has 0 aromatic rings. The highest BCUT2D eigenvalue weighted by Crippen LogP contribution is 2.32. The Balaban J connectivity index is 1.81. The fraction of sp³-hybridized carbons (Fsp3) is 0.909. The molecular formula is C11H20N2O. The van der Waals surface area contributed by atoms with Gasteiger partial charge in [-0.25, -0.2) is 0 Å². The van der Waals surface area contributed by atoms with Gasteiger partial charge in [0.05, 0.1) is 0 Å². The summed E-state index contributed by atoms with van der Waals surface area (Å²) in [6, 6.07) is 0. The lowest BCUT2D eigenvalue weighted by molar-refractivity contribution is -0.134. The molecule has 0 radical (unpaired) electrons. The van der Waals surface area contributed by atoms with Gasteiger partial charge in [0.15, 0.2) is 0 Å². The molecule has 1 heterocycles. The van der Waals surface area contributed by atoms with Crippen LogP contribution in [0.4, 0.5) is 0 Å². The number of carbonyl (C=O) groups excluding carboxylic acids is 1. The van der Waals surface area contributed by atoms with E-state index in [0.717, 1.165) is 25.9 Å². The van der Waals surface area contributed by atoms with E-state index >= 15 is 0 Å². The minimum Gasteiger partial charge on any atom is -0.343 e. The molecular weight excluding hydrogens is 176 g/mol. The maximum Gasteiger partial charge on any atom is 0.224 e. The molecule has 80 valence electrons. The van der Waals surface area contributed by atoms with Crippen molar-refractivity contribution in [2.45, 2.75) is 50.5 Å². The Kier molecular flexibility index (Phi) is 2.77. The topological polar surface area (TPSA) is 46.3 Å². The van der Waals surface area contributed by atoms with Crippen LogP contribution in [0.15, 0.2) is 0 Å². The second kappa shape index (κ2) is 3.89. The zero-order valence-corrected chi connectivity index (χ0v) is 8.80. The third-order valence-corrected chi connectivity index (χ3v) is 3.56. The number of piperidine rings is 1. The molecule has 0 aromatic heterocycles. The van der Waals surface area contributed by atoms with Crippen LogP contribution in [0.5, 0.6) is 0 Å². The Morgan fingerprint density at radius 1 is 1.14 bits per heavy atom. The third kappa shape index (κ3) is 2.08. The zero-order chi connectivity index (χ0) is 10.0. The number of rotatable bonds is 2. The molecule has 3 heteroatoms. The van der Waals surface area contributed by atoms with Crippen molar-refractivity contribution in [2.75, 3.05) is 13.1 Å². The van der Waals surface area contributed by atoms with Gasteiger partial charge in [-0.2, -0.15) is 0 Å². The van der Waals surface area contributed by atoms with Gasteiger partial charge >= 0.3 is 0 Å². The summed E-state index contributed by atoms with van der Waals surface area (Å²) in [7, 11) is 0. The van der Waals surface area contributed by atoms with E-state index in [1.807, 2.05) is 4.90 Å². The number of hydrogen-bond acceptors (Lipinski definition) is 2. The molecule has 2 aliphatic rings. The first-order chi connectivity index (χ1) is 6.70. The number of likely N-dealkylation sites (tertiary alicyclic amines) is 1. The average Bonchev–Trinajstić information content (AvgIpc) is 2.17. The fourth-order valence-electron chi connectivity index (χ4n) is 2.36. The van der Waals surface area contributed by atoms with Crippen LogP contribution in [0.2, 0.25) is 0 Å². The van der Waals surface area contributed by atoms with Crippen LogP contribution in [0, 0.1) is 0 Å². The molecule has 1 saturated carbocycles. The summed E-state index contributed by atoms with van der Waals surface area (Å²) in [4.78, 5) is 13.8. The number of nitrogens with zero attached hydrogens (tertiary/aromatic N) is 1. The number of nitrogens with two attached hydrogens (primary N) is 1. The van der Waals surface area contributed by atoms with Gasteiger partial charge in [0.1, 0.15) is 0 Å². The Morgan fingerprint density at radius 3 is 2.29 bits per heavy atom. The number of amides is 1. The van der Waals surface area contributed by atoms with Crippen LogP contribution in [-0.4, -0.2) is 29.4 Å². The van der Waals surface area contributed by atoms with Gasteiger partial charge in [-0.15, -0.1) is 0 Å². The summed E-state index contributed by atoms with van der Waals surface area (Å²) >= 11 is 0. The van der Waals surface area contributed by atoms with Crippen molar-refractivity contribution in [1.82, 2.24) is 4.90 Å². The van der Waals surface area contributed by atoms with Crippen LogP contribution >= 0.6 is 0 Å². The van der Waals surface area contributed by atoms with E-state index in [-0.39, 0.29) is 11.4 Å². The third-order valence-electron chi connectivity index (χ3n) is 3.56. The van der Waals surface area contributed by atoms with Crippen molar-refractivity contribution in [3.8, 4) is 0 Å². The summed E-state index contributed by atoms with van der Waals surface area (Å²) < 4.78 is 0. The van der Waals surface area contributed by atoms with E-state index in [1.165, 1.54) is 25.7 Å². The van der Waals surface area contributed by atoms with Crippen molar-refractivity contribution in [2.24, 2.45) is 5.73 Å². The predicted octanol–water partition coefficient (Wildman–Crippen LogP) is 1.27. The predicted molar refractivity (Wildman–Crippen MR) is 55.8 cm³/mol. The summed E-state index contributed by atoms with van der Waals surface area (Å²) in [6.45, 7) is 1.91. The first-order valence-corrected chi connectivity index (χ1v) is 5.76. The molecule has 3 nitrogen and oxygen atoms in total. The van der Waals surface area contributed by atoms with Gasteiger partial charge in [0.2, 0.25) is 5.91 Å². The molecule has 1 aliphatic heterocycles. The molecule has 2 rings (SSSR count). The summed E-state index contributed by atoms with van der Waals surface area (Å²) in [5.74, 6) is 0.284. The summed E-state index contributed by atoms with van der Waals surface area (Å²) in [5.41, 5.74) is 5.92. The number of carbonyl (C=O) groups is 1. The largest absolute Gasteiger partial charge is 0.343 e. The lowest BCUT2D eigenvalue weighted by atomic mass is 9.75. The van der Waals surface area contributed by atoms with Gasteiger partial charge in [-0.05, 0) is 38.5 Å². The highest BCUT2D eigenvalue weighted by Gasteiger charge is 2.36. The molecule has 0 unspecified atom stereocenters. The van der Waals surface area contributed by atoms with E-state index in [4.69, 9.17) is 5.73 Å². The van der Waals surface area contributed by atoms with Crippen molar-refractivity contribution < 1.29 is 4.79 Å². The smallest absolute Gasteiger partial charge is 0.224 e. The maximum absolute atomic E-state index is 11.9. The first kappa shape index (κ1) is 9.97. The molecule has 14 heavy (non-hydrogen) atoms. The van der Waals surface area contributed by atoms with E-state index in [1.54, 1.807) is 0 Å². The highest BCUT2D eigenvalue weighted by molar-refractivity contribution is 5.77. The highest BCUT2D eigenvalue weighted by atomic mass is 16.2. The Hall–Kier alpha value is -0.570. The van der Waals surface area contributed by atoms with Crippen molar-refractivity contribution in [3.63, 3.8) is 0 Å². The molecule has 1 amide bonds. The van der Waals surface area contributed by atoms with Crippen LogP contribution in [0.1, 0.15) is 44.9 Å². The Bertz CT molecular complexity index is 217. The fourth-order valence-corrected chi connectivity index (χ4v) is 2.36. The zero-order valence-electron chi connectivity index (χ0n) is 8.80. The first-order valence-electron chi connectivity index (χ1n) is 5.76. The normalized spacial score (nSPS) is 25.6. The Labute approximate surface area is 85.6 Å². The van der Waals surface area contributed by atoms with Gasteiger partial charge in [0.25, 0.3) is 0 Å². The van der Waals surface area contributed by atoms with Crippen LogP contribution in [0.25, 0.3) is 0 Å². The molecule has 1 saturated heterocycles. The Morgan fingerprint density at radius 2 is 1.79 bits per heavy atom. The van der Waals surface area contributed by atoms with Crippen molar-refractivity contribution >= 4 is 5.91 Å². The SMILES string of the molecule is NC1(CC(=O)N2CCCCC2)CCC1. The van der Waals surface area contributed by atoms with E-state index in [2.05, 4.69) is 0 Å². The minimum absolute atomic E-state index is 0.144. The summed E-state index contributed by atoms with van der Waals surface area (Å²) in [6.07, 6.45) is 7.46. The molecule has 0 bridgehead atoms. The molecule has 1 aliphatic carbocycles. The van der Waals surface area contributed by atoms with Gasteiger partial charge in [-0.1, -0.05) is 0 Å². The lowest BCUT2D eigenvalue weighted by Gasteiger charge is -2.39. The molecule has 0 atom stereocenters. The second-order valence-electron chi connectivity index (χ2n) is 4.83. The van der Waals surface area contributed by atoms with Gasteiger partial charge in [0, 0.05) is 25.0 Å². The molecule has 0 aromatic carbocycles. The van der Waals surface area contributed by atoms with Gasteiger partial charge in [-0.3, -0.25) is 4.79 Å².